The van der Waals surface area contributed by atoms with Crippen molar-refractivity contribution in [3.8, 4) is 0 Å². The zero-order valence-corrected chi connectivity index (χ0v) is 15.8. The highest BCUT2D eigenvalue weighted by Crippen LogP contribution is 2.55. The standard InChI is InChI=1S/C24H32F2/c1-2-3-4-16-5-9-23-18(11-16)6-7-19-12-17(8-10-24(19)23)20-13-21(25)15-22(26)14-20/h2,13-19,23-24H,1,3-12H2. The number of hydrogen-bond acceptors (Lipinski definition) is 0. The molecule has 142 valence electrons. The number of fused-ring (bicyclic) bond motifs is 3. The summed E-state index contributed by atoms with van der Waals surface area (Å²) in [6.45, 7) is 3.88. The molecule has 6 atom stereocenters. The van der Waals surface area contributed by atoms with Crippen LogP contribution in [0.25, 0.3) is 0 Å². The van der Waals surface area contributed by atoms with Crippen molar-refractivity contribution in [1.29, 1.82) is 0 Å². The molecule has 1 aromatic rings. The zero-order chi connectivity index (χ0) is 18.1. The maximum atomic E-state index is 13.6. The van der Waals surface area contributed by atoms with Crippen molar-refractivity contribution < 1.29 is 8.78 Å². The molecule has 3 aliphatic rings. The molecule has 0 saturated heterocycles. The van der Waals surface area contributed by atoms with Gasteiger partial charge in [0.05, 0.1) is 0 Å². The van der Waals surface area contributed by atoms with Crippen molar-refractivity contribution >= 4 is 0 Å². The van der Waals surface area contributed by atoms with Gasteiger partial charge < -0.3 is 0 Å². The summed E-state index contributed by atoms with van der Waals surface area (Å²) in [4.78, 5) is 0. The second-order valence-corrected chi connectivity index (χ2v) is 9.18. The fraction of sp³-hybridized carbons (Fsp3) is 0.667. The average molecular weight is 359 g/mol. The molecule has 0 N–H and O–H groups in total. The van der Waals surface area contributed by atoms with Crippen molar-refractivity contribution in [2.45, 2.75) is 70.1 Å². The topological polar surface area (TPSA) is 0 Å². The van der Waals surface area contributed by atoms with Gasteiger partial charge in [0.1, 0.15) is 11.6 Å². The van der Waals surface area contributed by atoms with Crippen LogP contribution in [0, 0.1) is 41.2 Å². The van der Waals surface area contributed by atoms with E-state index in [0.29, 0.717) is 5.92 Å². The van der Waals surface area contributed by atoms with Gasteiger partial charge in [0.2, 0.25) is 0 Å². The first-order chi connectivity index (χ1) is 12.6. The maximum absolute atomic E-state index is 13.6. The minimum atomic E-state index is -0.427. The Morgan fingerprint density at radius 3 is 2.19 bits per heavy atom. The van der Waals surface area contributed by atoms with Gasteiger partial charge in [-0.05, 0) is 111 Å². The third-order valence-corrected chi connectivity index (χ3v) is 7.78. The van der Waals surface area contributed by atoms with E-state index in [4.69, 9.17) is 0 Å². The lowest BCUT2D eigenvalue weighted by molar-refractivity contribution is 0.00562. The summed E-state index contributed by atoms with van der Waals surface area (Å²) in [6.07, 6.45) is 15.0. The van der Waals surface area contributed by atoms with Crippen molar-refractivity contribution in [3.63, 3.8) is 0 Å². The SMILES string of the molecule is C=CCCC1CCC2C(CCC3CC(c4cc(F)cc(F)c4)CCC32)C1. The van der Waals surface area contributed by atoms with E-state index in [-0.39, 0.29) is 0 Å². The first-order valence-electron chi connectivity index (χ1n) is 10.7. The quantitative estimate of drug-likeness (QED) is 0.497. The van der Waals surface area contributed by atoms with Crippen LogP contribution in [0.15, 0.2) is 30.9 Å². The van der Waals surface area contributed by atoms with Gasteiger partial charge in [0, 0.05) is 6.07 Å². The monoisotopic (exact) mass is 358 g/mol. The summed E-state index contributed by atoms with van der Waals surface area (Å²) in [5.41, 5.74) is 0.885. The zero-order valence-electron chi connectivity index (χ0n) is 15.8. The van der Waals surface area contributed by atoms with Gasteiger partial charge in [-0.1, -0.05) is 12.5 Å². The molecule has 3 aliphatic carbocycles. The minimum Gasteiger partial charge on any atom is -0.207 e. The Kier molecular flexibility index (Phi) is 5.47. The molecule has 0 nitrogen and oxygen atoms in total. The number of allylic oxidation sites excluding steroid dienone is 1. The molecule has 0 aliphatic heterocycles. The summed E-state index contributed by atoms with van der Waals surface area (Å²) in [5.74, 6) is 3.89. The third-order valence-electron chi connectivity index (χ3n) is 7.78. The molecule has 0 aromatic heterocycles. The van der Waals surface area contributed by atoms with Gasteiger partial charge in [-0.2, -0.15) is 0 Å². The molecule has 0 radical (unpaired) electrons. The Morgan fingerprint density at radius 2 is 1.50 bits per heavy atom. The number of rotatable bonds is 4. The van der Waals surface area contributed by atoms with E-state index in [0.717, 1.165) is 54.1 Å². The molecule has 0 heterocycles. The molecule has 2 heteroatoms. The smallest absolute Gasteiger partial charge is 0.126 e. The van der Waals surface area contributed by atoms with E-state index in [1.165, 1.54) is 51.4 Å². The van der Waals surface area contributed by atoms with Crippen LogP contribution in [0.3, 0.4) is 0 Å². The van der Waals surface area contributed by atoms with Gasteiger partial charge in [-0.3, -0.25) is 0 Å². The summed E-state index contributed by atoms with van der Waals surface area (Å²) >= 11 is 0. The Morgan fingerprint density at radius 1 is 0.846 bits per heavy atom. The Balaban J connectivity index is 1.40. The van der Waals surface area contributed by atoms with Gasteiger partial charge in [0.15, 0.2) is 0 Å². The lowest BCUT2D eigenvalue weighted by Gasteiger charge is -2.51. The molecule has 0 bridgehead atoms. The Labute approximate surface area is 157 Å². The predicted octanol–water partition coefficient (Wildman–Crippen LogP) is 7.26. The summed E-state index contributed by atoms with van der Waals surface area (Å²) in [7, 11) is 0. The highest BCUT2D eigenvalue weighted by molar-refractivity contribution is 5.23. The summed E-state index contributed by atoms with van der Waals surface area (Å²) in [5, 5.41) is 0. The average Bonchev–Trinajstić information content (AvgIpc) is 2.64. The second-order valence-electron chi connectivity index (χ2n) is 9.18. The molecule has 0 spiro atoms. The van der Waals surface area contributed by atoms with Crippen molar-refractivity contribution in [3.05, 3.63) is 48.1 Å². The molecule has 4 rings (SSSR count). The number of benzene rings is 1. The molecule has 1 aromatic carbocycles. The van der Waals surface area contributed by atoms with Crippen LogP contribution >= 0.6 is 0 Å². The highest BCUT2D eigenvalue weighted by Gasteiger charge is 2.44. The number of hydrogen-bond donors (Lipinski definition) is 0. The fourth-order valence-corrected chi connectivity index (χ4v) is 6.62. The first-order valence-corrected chi connectivity index (χ1v) is 10.7. The predicted molar refractivity (Wildman–Crippen MR) is 103 cm³/mol. The van der Waals surface area contributed by atoms with E-state index in [9.17, 15) is 8.78 Å². The molecular weight excluding hydrogens is 326 g/mol. The molecule has 3 saturated carbocycles. The van der Waals surface area contributed by atoms with Crippen LogP contribution in [0.2, 0.25) is 0 Å². The van der Waals surface area contributed by atoms with Crippen LogP contribution < -0.4 is 0 Å². The molecule has 6 unspecified atom stereocenters. The van der Waals surface area contributed by atoms with E-state index in [2.05, 4.69) is 12.7 Å². The van der Waals surface area contributed by atoms with Crippen molar-refractivity contribution in [2.24, 2.45) is 29.6 Å². The second kappa shape index (κ2) is 7.82. The molecule has 26 heavy (non-hydrogen) atoms. The van der Waals surface area contributed by atoms with E-state index >= 15 is 0 Å². The van der Waals surface area contributed by atoms with Crippen LogP contribution in [0.4, 0.5) is 8.78 Å². The van der Waals surface area contributed by atoms with Crippen LogP contribution in [0.5, 0.6) is 0 Å². The third kappa shape index (κ3) is 3.75. The van der Waals surface area contributed by atoms with Crippen LogP contribution in [-0.2, 0) is 0 Å². The molecule has 0 amide bonds. The highest BCUT2D eigenvalue weighted by atomic mass is 19.1. The van der Waals surface area contributed by atoms with E-state index in [1.54, 1.807) is 12.1 Å². The fourth-order valence-electron chi connectivity index (χ4n) is 6.62. The lowest BCUT2D eigenvalue weighted by Crippen LogP contribution is -2.41. The maximum Gasteiger partial charge on any atom is 0.126 e. The Bertz CT molecular complexity index is 617. The molecule has 3 fully saturated rings. The first kappa shape index (κ1) is 18.2. The van der Waals surface area contributed by atoms with Crippen molar-refractivity contribution in [2.75, 3.05) is 0 Å². The van der Waals surface area contributed by atoms with Crippen LogP contribution in [-0.4, -0.2) is 0 Å². The molecular formula is C24H32F2. The van der Waals surface area contributed by atoms with Crippen LogP contribution in [0.1, 0.15) is 75.7 Å². The normalized spacial score (nSPS) is 36.8. The summed E-state index contributed by atoms with van der Waals surface area (Å²) < 4.78 is 27.2. The summed E-state index contributed by atoms with van der Waals surface area (Å²) in [6, 6.07) is 4.11. The van der Waals surface area contributed by atoms with Gasteiger partial charge in [0.25, 0.3) is 0 Å². The largest absolute Gasteiger partial charge is 0.207 e. The van der Waals surface area contributed by atoms with Gasteiger partial charge in [-0.15, -0.1) is 6.58 Å². The minimum absolute atomic E-state index is 0.349. The lowest BCUT2D eigenvalue weighted by atomic mass is 9.55. The Hall–Kier alpha value is -1.18. The van der Waals surface area contributed by atoms with Gasteiger partial charge in [-0.25, -0.2) is 8.78 Å². The van der Waals surface area contributed by atoms with Gasteiger partial charge >= 0.3 is 0 Å². The number of halogens is 2. The van der Waals surface area contributed by atoms with E-state index < -0.39 is 11.6 Å². The van der Waals surface area contributed by atoms with E-state index in [1.807, 2.05) is 0 Å². The van der Waals surface area contributed by atoms with Crippen molar-refractivity contribution in [1.82, 2.24) is 0 Å².